The van der Waals surface area contributed by atoms with Gasteiger partial charge in [-0.1, -0.05) is 30.3 Å². The van der Waals surface area contributed by atoms with Crippen molar-refractivity contribution in [1.29, 1.82) is 0 Å². The second-order valence-corrected chi connectivity index (χ2v) is 4.27. The molecular formula is C11H9IN2O. The molecule has 0 atom stereocenters. The molecule has 2 rings (SSSR count). The third-order valence-corrected chi connectivity index (χ3v) is 3.10. The summed E-state index contributed by atoms with van der Waals surface area (Å²) in [5, 5.41) is 0. The van der Waals surface area contributed by atoms with Gasteiger partial charge < -0.3 is 4.57 Å². The molecule has 0 saturated carbocycles. The average Bonchev–Trinajstić information content (AvgIpc) is 2.27. The summed E-state index contributed by atoms with van der Waals surface area (Å²) in [6, 6.07) is 9.71. The van der Waals surface area contributed by atoms with Crippen molar-refractivity contribution in [1.82, 2.24) is 9.55 Å². The Balaban J connectivity index is 2.66. The summed E-state index contributed by atoms with van der Waals surface area (Å²) >= 11 is 2.04. The Kier molecular flexibility index (Phi) is 2.86. The molecule has 4 heteroatoms. The third-order valence-electron chi connectivity index (χ3n) is 2.12. The van der Waals surface area contributed by atoms with E-state index in [1.165, 1.54) is 4.57 Å². The molecule has 0 bridgehead atoms. The van der Waals surface area contributed by atoms with E-state index in [9.17, 15) is 4.79 Å². The van der Waals surface area contributed by atoms with E-state index in [2.05, 4.69) is 4.98 Å². The van der Waals surface area contributed by atoms with Gasteiger partial charge in [0.05, 0.1) is 12.0 Å². The minimum absolute atomic E-state index is 0.00977. The molecule has 1 aromatic carbocycles. The fourth-order valence-corrected chi connectivity index (χ4v) is 2.14. The van der Waals surface area contributed by atoms with Crippen molar-refractivity contribution in [3.05, 3.63) is 50.6 Å². The molecule has 2 aromatic rings. The first-order valence-corrected chi connectivity index (χ1v) is 5.54. The molecule has 3 nitrogen and oxygen atoms in total. The lowest BCUT2D eigenvalue weighted by atomic mass is 10.1. The normalized spacial score (nSPS) is 10.3. The van der Waals surface area contributed by atoms with E-state index in [0.717, 1.165) is 11.3 Å². The zero-order valence-corrected chi connectivity index (χ0v) is 10.3. The van der Waals surface area contributed by atoms with E-state index < -0.39 is 0 Å². The second kappa shape index (κ2) is 4.14. The molecule has 0 aliphatic rings. The Morgan fingerprint density at radius 1 is 1.27 bits per heavy atom. The Hall–Kier alpha value is -1.17. The Morgan fingerprint density at radius 2 is 1.93 bits per heavy atom. The summed E-state index contributed by atoms with van der Waals surface area (Å²) in [6.07, 6.45) is 1.55. The molecular weight excluding hydrogens is 303 g/mol. The number of nitrogens with zero attached hydrogens (tertiary/aromatic N) is 2. The van der Waals surface area contributed by atoms with Crippen molar-refractivity contribution in [3.8, 4) is 11.3 Å². The third kappa shape index (κ3) is 1.94. The van der Waals surface area contributed by atoms with Crippen LogP contribution in [-0.4, -0.2) is 9.55 Å². The summed E-state index contributed by atoms with van der Waals surface area (Å²) in [5.74, 6) is 0. The van der Waals surface area contributed by atoms with Crippen LogP contribution in [0.3, 0.4) is 0 Å². The molecule has 0 amide bonds. The molecule has 0 aliphatic carbocycles. The highest BCUT2D eigenvalue weighted by Crippen LogP contribution is 2.19. The Morgan fingerprint density at radius 3 is 2.60 bits per heavy atom. The van der Waals surface area contributed by atoms with Gasteiger partial charge >= 0.3 is 0 Å². The lowest BCUT2D eigenvalue weighted by Crippen LogP contribution is -2.20. The number of benzene rings is 1. The van der Waals surface area contributed by atoms with Gasteiger partial charge in [-0.25, -0.2) is 4.98 Å². The standard InChI is InChI=1S/C11H9IN2O/c1-14-7-13-10(9(12)11(14)15)8-5-3-2-4-6-8/h2-7H,1H3. The molecule has 0 unspecified atom stereocenters. The number of rotatable bonds is 1. The minimum atomic E-state index is -0.00977. The fourth-order valence-electron chi connectivity index (χ4n) is 1.31. The van der Waals surface area contributed by atoms with Crippen LogP contribution in [0.1, 0.15) is 0 Å². The van der Waals surface area contributed by atoms with Crippen molar-refractivity contribution in [2.45, 2.75) is 0 Å². The van der Waals surface area contributed by atoms with Gasteiger partial charge in [-0.3, -0.25) is 4.79 Å². The van der Waals surface area contributed by atoms with Gasteiger partial charge in [-0.05, 0) is 22.6 Å². The maximum absolute atomic E-state index is 11.7. The van der Waals surface area contributed by atoms with Crippen molar-refractivity contribution in [3.63, 3.8) is 0 Å². The molecule has 0 N–H and O–H groups in total. The van der Waals surface area contributed by atoms with Gasteiger partial charge in [0.25, 0.3) is 5.56 Å². The molecule has 0 fully saturated rings. The summed E-state index contributed by atoms with van der Waals surface area (Å²) < 4.78 is 2.14. The molecule has 76 valence electrons. The number of halogens is 1. The number of aromatic nitrogens is 2. The number of hydrogen-bond donors (Lipinski definition) is 0. The van der Waals surface area contributed by atoms with Crippen molar-refractivity contribution in [2.24, 2.45) is 7.05 Å². The monoisotopic (exact) mass is 312 g/mol. The fraction of sp³-hybridized carbons (Fsp3) is 0.0909. The number of aryl methyl sites for hydroxylation is 1. The quantitative estimate of drug-likeness (QED) is 0.756. The van der Waals surface area contributed by atoms with Gasteiger partial charge in [-0.15, -0.1) is 0 Å². The second-order valence-electron chi connectivity index (χ2n) is 3.19. The molecule has 0 aliphatic heterocycles. The van der Waals surface area contributed by atoms with E-state index in [1.807, 2.05) is 52.9 Å². The molecule has 0 spiro atoms. The van der Waals surface area contributed by atoms with E-state index in [-0.39, 0.29) is 5.56 Å². The van der Waals surface area contributed by atoms with E-state index in [0.29, 0.717) is 3.57 Å². The van der Waals surface area contributed by atoms with Crippen molar-refractivity contribution < 1.29 is 0 Å². The predicted molar refractivity (Wildman–Crippen MR) is 67.6 cm³/mol. The van der Waals surface area contributed by atoms with Crippen LogP contribution in [-0.2, 0) is 7.05 Å². The molecule has 0 saturated heterocycles. The van der Waals surface area contributed by atoms with Gasteiger partial charge in [0.15, 0.2) is 0 Å². The molecule has 1 aromatic heterocycles. The van der Waals surface area contributed by atoms with Crippen LogP contribution >= 0.6 is 22.6 Å². The molecule has 0 radical (unpaired) electrons. The van der Waals surface area contributed by atoms with Crippen LogP contribution in [0.5, 0.6) is 0 Å². The van der Waals surface area contributed by atoms with Crippen LogP contribution in [0.15, 0.2) is 41.5 Å². The Labute approximate surface area is 101 Å². The largest absolute Gasteiger partial charge is 0.301 e. The summed E-state index contributed by atoms with van der Waals surface area (Å²) in [7, 11) is 1.70. The average molecular weight is 312 g/mol. The first-order valence-electron chi connectivity index (χ1n) is 4.46. The lowest BCUT2D eigenvalue weighted by Gasteiger charge is -2.04. The van der Waals surface area contributed by atoms with E-state index in [4.69, 9.17) is 0 Å². The lowest BCUT2D eigenvalue weighted by molar-refractivity contribution is 0.818. The first kappa shape index (κ1) is 10.4. The highest BCUT2D eigenvalue weighted by atomic mass is 127. The number of hydrogen-bond acceptors (Lipinski definition) is 2. The topological polar surface area (TPSA) is 34.9 Å². The van der Waals surface area contributed by atoms with Crippen molar-refractivity contribution >= 4 is 22.6 Å². The van der Waals surface area contributed by atoms with Gasteiger partial charge in [0.2, 0.25) is 0 Å². The highest BCUT2D eigenvalue weighted by Gasteiger charge is 2.08. The zero-order chi connectivity index (χ0) is 10.8. The summed E-state index contributed by atoms with van der Waals surface area (Å²) in [5.41, 5.74) is 1.71. The highest BCUT2D eigenvalue weighted by molar-refractivity contribution is 14.1. The van der Waals surface area contributed by atoms with Gasteiger partial charge in [-0.2, -0.15) is 0 Å². The summed E-state index contributed by atoms with van der Waals surface area (Å²) in [6.45, 7) is 0. The van der Waals surface area contributed by atoms with Crippen molar-refractivity contribution in [2.75, 3.05) is 0 Å². The Bertz CT molecular complexity index is 534. The van der Waals surface area contributed by atoms with E-state index >= 15 is 0 Å². The zero-order valence-electron chi connectivity index (χ0n) is 8.14. The van der Waals surface area contributed by atoms with Gasteiger partial charge in [0.1, 0.15) is 3.57 Å². The van der Waals surface area contributed by atoms with Crippen LogP contribution < -0.4 is 5.56 Å². The van der Waals surface area contributed by atoms with Crippen LogP contribution in [0, 0.1) is 3.57 Å². The van der Waals surface area contributed by atoms with Crippen LogP contribution in [0.25, 0.3) is 11.3 Å². The maximum Gasteiger partial charge on any atom is 0.267 e. The molecule has 1 heterocycles. The molecule has 15 heavy (non-hydrogen) atoms. The minimum Gasteiger partial charge on any atom is -0.301 e. The maximum atomic E-state index is 11.7. The predicted octanol–water partition coefficient (Wildman–Crippen LogP) is 2.05. The SMILES string of the molecule is Cn1cnc(-c2ccccc2)c(I)c1=O. The smallest absolute Gasteiger partial charge is 0.267 e. The van der Waals surface area contributed by atoms with Crippen LogP contribution in [0.2, 0.25) is 0 Å². The first-order chi connectivity index (χ1) is 7.20. The van der Waals surface area contributed by atoms with Gasteiger partial charge in [0, 0.05) is 12.6 Å². The van der Waals surface area contributed by atoms with E-state index in [1.54, 1.807) is 13.4 Å². The summed E-state index contributed by atoms with van der Waals surface area (Å²) in [4.78, 5) is 15.9. The van der Waals surface area contributed by atoms with Crippen LogP contribution in [0.4, 0.5) is 0 Å².